The fraction of sp³-hybridized carbons (Fsp3) is 0.818. The van der Waals surface area contributed by atoms with Crippen molar-refractivity contribution >= 4 is 11.8 Å². The second-order valence-electron chi connectivity index (χ2n) is 4.29. The monoisotopic (exact) mass is 232 g/mol. The lowest BCUT2D eigenvalue weighted by atomic mass is 9.93. The third kappa shape index (κ3) is 4.18. The highest BCUT2D eigenvalue weighted by Gasteiger charge is 2.29. The van der Waals surface area contributed by atoms with E-state index in [9.17, 15) is 9.59 Å². The molecule has 0 aromatic carbocycles. The first-order valence-corrected chi connectivity index (χ1v) is 5.44. The molecule has 0 saturated heterocycles. The normalized spacial score (nSPS) is 13.1. The molecule has 2 N–H and O–H groups in total. The van der Waals surface area contributed by atoms with Crippen molar-refractivity contribution in [3.63, 3.8) is 0 Å². The van der Waals surface area contributed by atoms with Gasteiger partial charge < -0.3 is 15.4 Å². The molecule has 0 spiro atoms. The topological polar surface area (TPSA) is 67.4 Å². The van der Waals surface area contributed by atoms with Crippen LogP contribution in [0.25, 0.3) is 0 Å². The Morgan fingerprint density at radius 3 is 2.25 bits per heavy atom. The average molecular weight is 232 g/mol. The summed E-state index contributed by atoms with van der Waals surface area (Å²) >= 11 is 0. The van der Waals surface area contributed by atoms with Gasteiger partial charge in [-0.3, -0.25) is 9.59 Å². The van der Waals surface area contributed by atoms with Gasteiger partial charge in [0.05, 0.1) is 12.0 Å². The Kier molecular flexibility index (Phi) is 6.03. The number of amides is 2. The van der Waals surface area contributed by atoms with E-state index in [0.29, 0.717) is 6.42 Å². The van der Waals surface area contributed by atoms with Gasteiger partial charge in [0.1, 0.15) is 6.10 Å². The third-order valence-corrected chi connectivity index (χ3v) is 2.40. The van der Waals surface area contributed by atoms with Gasteiger partial charge in [0.15, 0.2) is 0 Å². The van der Waals surface area contributed by atoms with Crippen molar-refractivity contribution in [1.82, 2.24) is 10.6 Å². The van der Waals surface area contributed by atoms with Crippen molar-refractivity contribution in [2.45, 2.75) is 33.3 Å². The zero-order valence-corrected chi connectivity index (χ0v) is 10.7. The molecular formula is C11H24N2O3. The molecule has 0 heterocycles. The molecule has 96 valence electrons. The van der Waals surface area contributed by atoms with E-state index in [2.05, 4.69) is 10.6 Å². The van der Waals surface area contributed by atoms with Gasteiger partial charge >= 0.3 is 0 Å². The molecule has 16 heavy (non-hydrogen) atoms. The highest BCUT2D eigenvalue weighted by molar-refractivity contribution is 5.82. The lowest BCUT2D eigenvalue weighted by Gasteiger charge is -2.25. The maximum atomic E-state index is 11.5. The standard InChI is InChI=1S/C11H22N2O3.H2/c1-6-8(9(14)12-4)16-7-11(2,3)10(15)13-5;/h8H,6-7H2,1-5H3,(H,12,14)(H,13,15);1H. The fourth-order valence-corrected chi connectivity index (χ4v) is 1.25. The minimum Gasteiger partial charge on any atom is -0.367 e. The molecule has 1 atom stereocenters. The number of likely N-dealkylation sites (N-methyl/N-ethyl adjacent to an activating group) is 1. The van der Waals surface area contributed by atoms with Crippen molar-refractivity contribution < 1.29 is 15.8 Å². The summed E-state index contributed by atoms with van der Waals surface area (Å²) < 4.78 is 5.46. The fourth-order valence-electron chi connectivity index (χ4n) is 1.25. The number of hydrogen-bond acceptors (Lipinski definition) is 3. The number of rotatable bonds is 6. The summed E-state index contributed by atoms with van der Waals surface area (Å²) in [5, 5.41) is 5.10. The van der Waals surface area contributed by atoms with Crippen molar-refractivity contribution in [1.29, 1.82) is 0 Å². The van der Waals surface area contributed by atoms with Crippen LogP contribution in [0.5, 0.6) is 0 Å². The van der Waals surface area contributed by atoms with E-state index < -0.39 is 11.5 Å². The molecule has 0 aromatic heterocycles. The van der Waals surface area contributed by atoms with Crippen LogP contribution in [0.1, 0.15) is 28.6 Å². The van der Waals surface area contributed by atoms with Crippen LogP contribution in [0.3, 0.4) is 0 Å². The second kappa shape index (κ2) is 6.48. The van der Waals surface area contributed by atoms with E-state index in [4.69, 9.17) is 4.74 Å². The van der Waals surface area contributed by atoms with Crippen LogP contribution in [-0.4, -0.2) is 38.6 Å². The van der Waals surface area contributed by atoms with Crippen LogP contribution in [0.4, 0.5) is 0 Å². The molecule has 0 aliphatic carbocycles. The first-order valence-electron chi connectivity index (χ1n) is 5.44. The van der Waals surface area contributed by atoms with Crippen molar-refractivity contribution in [3.8, 4) is 0 Å². The highest BCUT2D eigenvalue weighted by atomic mass is 16.5. The predicted octanol–water partition coefficient (Wildman–Crippen LogP) is 0.546. The van der Waals surface area contributed by atoms with E-state index in [-0.39, 0.29) is 19.8 Å². The molecule has 0 rings (SSSR count). The summed E-state index contributed by atoms with van der Waals surface area (Å²) in [7, 11) is 3.15. The first kappa shape index (κ1) is 14.9. The van der Waals surface area contributed by atoms with Crippen molar-refractivity contribution in [2.75, 3.05) is 20.7 Å². The smallest absolute Gasteiger partial charge is 0.248 e. The van der Waals surface area contributed by atoms with Crippen LogP contribution in [0.2, 0.25) is 0 Å². The van der Waals surface area contributed by atoms with E-state index in [1.807, 2.05) is 6.92 Å². The molecule has 0 radical (unpaired) electrons. The van der Waals surface area contributed by atoms with Crippen LogP contribution in [-0.2, 0) is 14.3 Å². The molecule has 5 nitrogen and oxygen atoms in total. The molecule has 0 aromatic rings. The Balaban J connectivity index is 0. The molecule has 2 amide bonds. The maximum absolute atomic E-state index is 11.5. The largest absolute Gasteiger partial charge is 0.367 e. The first-order chi connectivity index (χ1) is 7.38. The van der Waals surface area contributed by atoms with Gasteiger partial charge in [0, 0.05) is 15.5 Å². The van der Waals surface area contributed by atoms with E-state index in [1.165, 1.54) is 0 Å². The molecule has 0 bridgehead atoms. The quantitative estimate of drug-likeness (QED) is 0.702. The lowest BCUT2D eigenvalue weighted by molar-refractivity contribution is -0.141. The Morgan fingerprint density at radius 1 is 1.31 bits per heavy atom. The van der Waals surface area contributed by atoms with E-state index >= 15 is 0 Å². The van der Waals surface area contributed by atoms with Crippen LogP contribution >= 0.6 is 0 Å². The molecule has 0 aliphatic rings. The molecule has 5 heteroatoms. The van der Waals surface area contributed by atoms with E-state index in [0.717, 1.165) is 0 Å². The summed E-state index contributed by atoms with van der Waals surface area (Å²) in [5.74, 6) is -0.255. The zero-order valence-electron chi connectivity index (χ0n) is 10.7. The van der Waals surface area contributed by atoms with Gasteiger partial charge in [-0.05, 0) is 20.3 Å². The maximum Gasteiger partial charge on any atom is 0.248 e. The Labute approximate surface area is 98.4 Å². The Morgan fingerprint density at radius 2 is 1.88 bits per heavy atom. The average Bonchev–Trinajstić information content (AvgIpc) is 2.27. The van der Waals surface area contributed by atoms with Gasteiger partial charge in [-0.25, -0.2) is 0 Å². The summed E-state index contributed by atoms with van der Waals surface area (Å²) in [4.78, 5) is 22.8. The van der Waals surface area contributed by atoms with E-state index in [1.54, 1.807) is 27.9 Å². The van der Waals surface area contributed by atoms with Gasteiger partial charge in [0.25, 0.3) is 0 Å². The van der Waals surface area contributed by atoms with Crippen LogP contribution < -0.4 is 10.6 Å². The molecule has 0 saturated carbocycles. The van der Waals surface area contributed by atoms with Gasteiger partial charge in [-0.1, -0.05) is 6.92 Å². The molecule has 0 aliphatic heterocycles. The molecule has 0 fully saturated rings. The number of carbonyl (C=O) groups is 2. The minimum absolute atomic E-state index is 0. The van der Waals surface area contributed by atoms with Crippen LogP contribution in [0, 0.1) is 5.41 Å². The second-order valence-corrected chi connectivity index (χ2v) is 4.29. The number of hydrogen-bond donors (Lipinski definition) is 2. The minimum atomic E-state index is -0.629. The summed E-state index contributed by atoms with van der Waals surface area (Å²) in [5.41, 5.74) is -0.629. The summed E-state index contributed by atoms with van der Waals surface area (Å²) in [6, 6.07) is 0. The highest BCUT2D eigenvalue weighted by Crippen LogP contribution is 2.17. The third-order valence-electron chi connectivity index (χ3n) is 2.40. The molecular weight excluding hydrogens is 208 g/mol. The summed E-state index contributed by atoms with van der Waals surface area (Å²) in [6.07, 6.45) is 0.0951. The number of carbonyl (C=O) groups excluding carboxylic acids is 2. The van der Waals surface area contributed by atoms with Crippen LogP contribution in [0.15, 0.2) is 0 Å². The number of nitrogens with one attached hydrogen (secondary N) is 2. The summed E-state index contributed by atoms with van der Waals surface area (Å²) in [6.45, 7) is 5.65. The predicted molar refractivity (Wildman–Crippen MR) is 64.1 cm³/mol. The Hall–Kier alpha value is -1.10. The van der Waals surface area contributed by atoms with Gasteiger partial charge in [0.2, 0.25) is 11.8 Å². The Bertz CT molecular complexity index is 257. The zero-order chi connectivity index (χ0) is 12.8. The van der Waals surface area contributed by atoms with Gasteiger partial charge in [-0.2, -0.15) is 0 Å². The SMILES string of the molecule is CCC(OCC(C)(C)C(=O)NC)C(=O)NC.[HH]. The van der Waals surface area contributed by atoms with Crippen molar-refractivity contribution in [3.05, 3.63) is 0 Å². The molecule has 1 unspecified atom stereocenters. The number of ether oxygens (including phenoxy) is 1. The lowest BCUT2D eigenvalue weighted by Crippen LogP contribution is -2.41. The van der Waals surface area contributed by atoms with Crippen molar-refractivity contribution in [2.24, 2.45) is 5.41 Å². The van der Waals surface area contributed by atoms with Gasteiger partial charge in [-0.15, -0.1) is 0 Å².